The average molecular weight is 1490 g/mol. The number of benzene rings is 10. The summed E-state index contributed by atoms with van der Waals surface area (Å²) in [5, 5.41) is 0. The van der Waals surface area contributed by atoms with E-state index in [9.17, 15) is 9.59 Å². The fourth-order valence-electron chi connectivity index (χ4n) is 13.3. The lowest BCUT2D eigenvalue weighted by molar-refractivity contribution is -0.392. The number of ether oxygens (including phenoxy) is 15. The van der Waals surface area contributed by atoms with E-state index in [-0.39, 0.29) is 76.2 Å². The third-order valence-electron chi connectivity index (χ3n) is 18.8. The van der Waals surface area contributed by atoms with Gasteiger partial charge in [0.2, 0.25) is 0 Å². The molecule has 0 N–H and O–H groups in total. The van der Waals surface area contributed by atoms with Gasteiger partial charge in [-0.3, -0.25) is 0 Å². The van der Waals surface area contributed by atoms with Crippen LogP contribution in [0.2, 0.25) is 0 Å². The molecule has 3 heterocycles. The highest BCUT2D eigenvalue weighted by molar-refractivity contribution is 7.99. The Labute approximate surface area is 640 Å². The Morgan fingerprint density at radius 2 is 0.569 bits per heavy atom. The van der Waals surface area contributed by atoms with Crippen molar-refractivity contribution in [3.8, 4) is 0 Å². The lowest BCUT2D eigenvalue weighted by atomic mass is 9.95. The van der Waals surface area contributed by atoms with E-state index >= 15 is 4.79 Å². The van der Waals surface area contributed by atoms with Gasteiger partial charge in [0.25, 0.3) is 0 Å². The quantitative estimate of drug-likeness (QED) is 0.0266. The summed E-state index contributed by atoms with van der Waals surface area (Å²) < 4.78 is 108. The second-order valence-corrected chi connectivity index (χ2v) is 27.9. The topological polar surface area (TPSA) is 190 Å². The van der Waals surface area contributed by atoms with Gasteiger partial charge in [0.1, 0.15) is 73.1 Å². The van der Waals surface area contributed by atoms with Gasteiger partial charge in [-0.15, -0.1) is 11.8 Å². The van der Waals surface area contributed by atoms with E-state index in [0.29, 0.717) is 5.75 Å². The molecule has 0 aromatic heterocycles. The normalized spacial score (nSPS) is 24.0. The molecule has 0 saturated carbocycles. The van der Waals surface area contributed by atoms with Gasteiger partial charge in [-0.1, -0.05) is 274 Å². The molecule has 19 heteroatoms. The van der Waals surface area contributed by atoms with Crippen LogP contribution in [-0.2, 0) is 117 Å². The molecule has 0 amide bonds. The molecule has 18 nitrogen and oxygen atoms in total. The van der Waals surface area contributed by atoms with Crippen LogP contribution in [0.5, 0.6) is 0 Å². The first-order valence-electron chi connectivity index (χ1n) is 36.9. The van der Waals surface area contributed by atoms with Gasteiger partial charge in [-0.05, 0) is 81.1 Å². The van der Waals surface area contributed by atoms with E-state index in [2.05, 4.69) is 0 Å². The first kappa shape index (κ1) is 77.6. The van der Waals surface area contributed by atoms with Crippen molar-refractivity contribution in [2.24, 2.45) is 0 Å². The maximum absolute atomic E-state index is 15.0. The summed E-state index contributed by atoms with van der Waals surface area (Å²) in [4.78, 5) is 44.2. The van der Waals surface area contributed by atoms with Crippen molar-refractivity contribution >= 4 is 29.7 Å². The molecular formula is C90H90O18S. The maximum Gasteiger partial charge on any atom is 0.338 e. The Balaban J connectivity index is 0.988. The zero-order valence-corrected chi connectivity index (χ0v) is 61.4. The van der Waals surface area contributed by atoms with Crippen LogP contribution in [0.3, 0.4) is 0 Å². The van der Waals surface area contributed by atoms with Crippen LogP contribution < -0.4 is 0 Å². The highest BCUT2D eigenvalue weighted by Crippen LogP contribution is 2.41. The molecule has 10 aromatic carbocycles. The van der Waals surface area contributed by atoms with Crippen LogP contribution in [-0.4, -0.2) is 135 Å². The van der Waals surface area contributed by atoms with Crippen LogP contribution >= 0.6 is 11.8 Å². The van der Waals surface area contributed by atoms with E-state index < -0.39 is 116 Å². The van der Waals surface area contributed by atoms with Gasteiger partial charge in [0.15, 0.2) is 24.8 Å². The molecule has 3 aliphatic heterocycles. The Morgan fingerprint density at radius 3 is 0.954 bits per heavy atom. The molecule has 564 valence electrons. The highest BCUT2D eigenvalue weighted by atomic mass is 32.2. The second-order valence-electron chi connectivity index (χ2n) is 26.5. The number of hydrogen-bond donors (Lipinski definition) is 0. The lowest BCUT2D eigenvalue weighted by Crippen LogP contribution is -2.68. The largest absolute Gasteiger partial charge is 0.459 e. The van der Waals surface area contributed by atoms with Crippen LogP contribution in [0.15, 0.2) is 303 Å². The summed E-state index contributed by atoms with van der Waals surface area (Å²) >= 11 is 1.43. The Morgan fingerprint density at radius 1 is 0.284 bits per heavy atom. The van der Waals surface area contributed by atoms with Crippen LogP contribution in [0.4, 0.5) is 0 Å². The lowest BCUT2D eigenvalue weighted by Gasteiger charge is -2.52. The molecule has 3 saturated heterocycles. The summed E-state index contributed by atoms with van der Waals surface area (Å²) in [6.07, 6.45) is -17.8. The molecule has 10 aromatic rings. The van der Waals surface area contributed by atoms with E-state index in [1.165, 1.54) is 11.8 Å². The molecular weight excluding hydrogens is 1400 g/mol. The number of thioether (sulfide) groups is 1. The fourth-order valence-corrected chi connectivity index (χ4v) is 14.3. The predicted molar refractivity (Wildman–Crippen MR) is 409 cm³/mol. The van der Waals surface area contributed by atoms with E-state index in [4.69, 9.17) is 71.1 Å². The maximum atomic E-state index is 15.0. The first-order chi connectivity index (χ1) is 53.8. The highest BCUT2D eigenvalue weighted by Gasteiger charge is 2.58. The summed E-state index contributed by atoms with van der Waals surface area (Å²) in [5.74, 6) is -1.51. The Kier molecular flexibility index (Phi) is 29.0. The third kappa shape index (κ3) is 22.1. The molecule has 3 fully saturated rings. The molecule has 0 aliphatic carbocycles. The minimum atomic E-state index is -1.59. The zero-order chi connectivity index (χ0) is 74.6. The average Bonchev–Trinajstić information content (AvgIpc) is 0.768. The minimum absolute atomic E-state index is 0.000909. The van der Waals surface area contributed by atoms with Crippen LogP contribution in [0.1, 0.15) is 76.9 Å². The molecule has 109 heavy (non-hydrogen) atoms. The smallest absolute Gasteiger partial charge is 0.338 e. The standard InChI is InChI=1S/C90H90O18S/c1-2-109-90-84(106-87(93)72-51-31-12-32-52-72)81(77(97-56-66-39-19-6-20-40-66)74(104-90)61-95-54-64-35-15-4-16-36-64)107-89-83(79(98-57-67-41-21-7-22-42-67)76(96-55-65-37-17-5-18-38-65)73(102-89)60-94-53-63-33-13-3-14-34-63)108-88-82(100-59-69-45-25-9-26-46-69)80(99-58-68-43-23-8-24-44-68)78(105-86(92)71-49-29-11-30-50-71)75(103-88)62-101-85(91)70-47-27-10-28-48-70/h3-52,73-84,88-90H,2,53-62H2,1H3/t73-,74-,75-,76-,77-,78-,79+,80+,81+,82+,83+,84+,88+,89-,90-/m1/s1. The van der Waals surface area contributed by atoms with Crippen molar-refractivity contribution in [3.05, 3.63) is 359 Å². The van der Waals surface area contributed by atoms with Gasteiger partial charge < -0.3 is 71.1 Å². The van der Waals surface area contributed by atoms with Gasteiger partial charge in [0.05, 0.1) is 76.2 Å². The summed E-state index contributed by atoms with van der Waals surface area (Å²) in [7, 11) is 0. The predicted octanol–water partition coefficient (Wildman–Crippen LogP) is 15.4. The number of carbonyl (C=O) groups excluding carboxylic acids is 3. The molecule has 0 bridgehead atoms. The van der Waals surface area contributed by atoms with Crippen molar-refractivity contribution in [3.63, 3.8) is 0 Å². The molecule has 0 unspecified atom stereocenters. The van der Waals surface area contributed by atoms with Crippen LogP contribution in [0, 0.1) is 0 Å². The van der Waals surface area contributed by atoms with Crippen molar-refractivity contribution in [1.29, 1.82) is 0 Å². The molecule has 0 radical (unpaired) electrons. The summed E-state index contributed by atoms with van der Waals surface area (Å²) in [6.45, 7) is 1.93. The van der Waals surface area contributed by atoms with E-state index in [1.54, 1.807) is 84.9 Å². The summed E-state index contributed by atoms with van der Waals surface area (Å²) in [6, 6.07) is 93.8. The molecule has 0 spiro atoms. The second kappa shape index (κ2) is 40.8. The third-order valence-corrected chi connectivity index (χ3v) is 19.8. The van der Waals surface area contributed by atoms with Crippen LogP contribution in [0.25, 0.3) is 0 Å². The first-order valence-corrected chi connectivity index (χ1v) is 38.0. The molecule has 3 aliphatic rings. The number of carbonyl (C=O) groups is 3. The van der Waals surface area contributed by atoms with Gasteiger partial charge in [-0.25, -0.2) is 14.4 Å². The molecule has 15 atom stereocenters. The van der Waals surface area contributed by atoms with Crippen molar-refractivity contribution in [2.45, 2.75) is 144 Å². The Bertz CT molecular complexity index is 4280. The SMILES string of the molecule is CCS[C@H]1O[C@H](COCc2ccccc2)[C@@H](OCc2ccccc2)[C@H](O[C@H]2O[C@H](COCc3ccccc3)[C@@H](OCc3ccccc3)[C@H](OCc3ccccc3)[C@@H]2O[C@@H]2O[C@H](COC(=O)c3ccccc3)[C@@H](OC(=O)c3ccccc3)[C@H](OCc3ccccc3)[C@@H]2OCc2ccccc2)[C@@H]1OC(=O)c1ccccc1. The van der Waals surface area contributed by atoms with Gasteiger partial charge in [0, 0.05) is 0 Å². The van der Waals surface area contributed by atoms with Crippen molar-refractivity contribution in [2.75, 3.05) is 25.6 Å². The molecule has 13 rings (SSSR count). The van der Waals surface area contributed by atoms with Gasteiger partial charge in [-0.2, -0.15) is 0 Å². The zero-order valence-electron chi connectivity index (χ0n) is 60.6. The van der Waals surface area contributed by atoms with Crippen molar-refractivity contribution < 1.29 is 85.4 Å². The monoisotopic (exact) mass is 1490 g/mol. The fraction of sp³-hybridized carbons (Fsp3) is 0.300. The number of esters is 3. The summed E-state index contributed by atoms with van der Waals surface area (Å²) in [5.41, 5.74) is 5.78. The van der Waals surface area contributed by atoms with Gasteiger partial charge >= 0.3 is 17.9 Å². The number of hydrogen-bond acceptors (Lipinski definition) is 19. The minimum Gasteiger partial charge on any atom is -0.459 e. The van der Waals surface area contributed by atoms with Crippen molar-refractivity contribution in [1.82, 2.24) is 0 Å². The van der Waals surface area contributed by atoms with E-state index in [0.717, 1.165) is 38.9 Å². The Hall–Kier alpha value is -9.52. The number of rotatable bonds is 36. The van der Waals surface area contributed by atoms with E-state index in [1.807, 2.05) is 225 Å².